The highest BCUT2D eigenvalue weighted by atomic mass is 35.5. The van der Waals surface area contributed by atoms with Crippen LogP contribution in [0.5, 0.6) is 0 Å². The summed E-state index contributed by atoms with van der Waals surface area (Å²) in [7, 11) is 0. The van der Waals surface area contributed by atoms with Gasteiger partial charge in [0.1, 0.15) is 24.4 Å². The summed E-state index contributed by atoms with van der Waals surface area (Å²) in [6.45, 7) is 0. The van der Waals surface area contributed by atoms with Crippen molar-refractivity contribution in [3.05, 3.63) is 86.7 Å². The molecule has 0 bridgehead atoms. The van der Waals surface area contributed by atoms with Crippen LogP contribution in [-0.2, 0) is 10.6 Å². The van der Waals surface area contributed by atoms with Gasteiger partial charge < -0.3 is 9.50 Å². The van der Waals surface area contributed by atoms with E-state index in [0.717, 1.165) is 54.3 Å². The monoisotopic (exact) mass is 544 g/mol. The van der Waals surface area contributed by atoms with Crippen molar-refractivity contribution in [2.45, 2.75) is 37.0 Å². The Balaban J connectivity index is 1.32. The second kappa shape index (κ2) is 11.3. The highest BCUT2D eigenvalue weighted by Crippen LogP contribution is 2.44. The Morgan fingerprint density at radius 1 is 1.31 bits per heavy atom. The number of nitrogens with one attached hydrogen (secondary N) is 1. The van der Waals surface area contributed by atoms with Crippen LogP contribution in [0.25, 0.3) is 0 Å². The van der Waals surface area contributed by atoms with Crippen molar-refractivity contribution < 1.29 is 8.98 Å². The van der Waals surface area contributed by atoms with Gasteiger partial charge in [0.15, 0.2) is 0 Å². The van der Waals surface area contributed by atoms with Gasteiger partial charge in [-0.15, -0.1) is 23.1 Å². The van der Waals surface area contributed by atoms with Gasteiger partial charge in [-0.05, 0) is 83.7 Å². The molecule has 0 saturated heterocycles. The minimum Gasteiger partial charge on any atom is -0.418 e. The van der Waals surface area contributed by atoms with Crippen molar-refractivity contribution in [2.24, 2.45) is 11.1 Å². The fourth-order valence-corrected chi connectivity index (χ4v) is 7.32. The number of hydrogen-bond acceptors (Lipinski definition) is 9. The number of anilines is 1. The van der Waals surface area contributed by atoms with E-state index in [-0.39, 0.29) is 17.1 Å². The molecule has 3 atom stereocenters. The lowest BCUT2D eigenvalue weighted by Crippen LogP contribution is -2.19. The van der Waals surface area contributed by atoms with Crippen LogP contribution < -0.4 is 10.5 Å². The SMILES string of the molecule is NSOC=CC1CCC(Nc2ncncc2C(=O)c2cc(C3SCCc4ccc(Cl)cc43)cs2)C1. The van der Waals surface area contributed by atoms with E-state index in [9.17, 15) is 4.79 Å². The molecule has 3 aromatic rings. The van der Waals surface area contributed by atoms with Gasteiger partial charge in [-0.25, -0.2) is 15.1 Å². The third kappa shape index (κ3) is 5.70. The molecule has 10 heteroatoms. The van der Waals surface area contributed by atoms with Crippen molar-refractivity contribution in [3.8, 4) is 0 Å². The number of aromatic nitrogens is 2. The predicted octanol–water partition coefficient (Wildman–Crippen LogP) is 6.43. The zero-order valence-corrected chi connectivity index (χ0v) is 22.1. The highest BCUT2D eigenvalue weighted by Gasteiger charge is 2.27. The summed E-state index contributed by atoms with van der Waals surface area (Å²) in [6, 6.07) is 8.38. The lowest BCUT2D eigenvalue weighted by Gasteiger charge is -2.24. The van der Waals surface area contributed by atoms with Gasteiger partial charge in [0.05, 0.1) is 22.0 Å². The second-order valence-electron chi connectivity index (χ2n) is 8.64. The maximum atomic E-state index is 13.5. The number of aryl methyl sites for hydroxylation is 1. The first-order valence-electron chi connectivity index (χ1n) is 11.4. The Bertz CT molecular complexity index is 1230. The van der Waals surface area contributed by atoms with Crippen molar-refractivity contribution in [2.75, 3.05) is 11.1 Å². The molecular weight excluding hydrogens is 520 g/mol. The molecule has 2 aliphatic rings. The van der Waals surface area contributed by atoms with E-state index in [1.807, 2.05) is 30.0 Å². The smallest absolute Gasteiger partial charge is 0.208 e. The average molecular weight is 545 g/mol. The van der Waals surface area contributed by atoms with Gasteiger partial charge in [0.2, 0.25) is 5.78 Å². The van der Waals surface area contributed by atoms with Crippen LogP contribution >= 0.6 is 46.9 Å². The summed E-state index contributed by atoms with van der Waals surface area (Å²) in [5.41, 5.74) is 4.22. The molecule has 1 aliphatic heterocycles. The summed E-state index contributed by atoms with van der Waals surface area (Å²) in [6.07, 6.45) is 10.8. The molecule has 1 aliphatic carbocycles. The average Bonchev–Trinajstić information content (AvgIpc) is 3.54. The molecule has 3 N–H and O–H groups in total. The van der Waals surface area contributed by atoms with Crippen molar-refractivity contribution in [1.82, 2.24) is 9.97 Å². The molecule has 3 unspecified atom stereocenters. The number of thioether (sulfide) groups is 1. The Morgan fingerprint density at radius 3 is 3.11 bits per heavy atom. The third-order valence-electron chi connectivity index (χ3n) is 6.43. The van der Waals surface area contributed by atoms with Crippen LogP contribution in [0, 0.1) is 5.92 Å². The molecular formula is C25H25ClN4O2S3. The minimum atomic E-state index is -0.0562. The summed E-state index contributed by atoms with van der Waals surface area (Å²) < 4.78 is 5.04. The van der Waals surface area contributed by atoms with Gasteiger partial charge in [-0.3, -0.25) is 4.79 Å². The molecule has 1 aromatic carbocycles. The summed E-state index contributed by atoms with van der Waals surface area (Å²) in [5, 5.41) is 11.8. The third-order valence-corrected chi connectivity index (χ3v) is 9.13. The first-order valence-corrected chi connectivity index (χ1v) is 14.5. The van der Waals surface area contributed by atoms with E-state index in [1.165, 1.54) is 28.8 Å². The van der Waals surface area contributed by atoms with Crippen LogP contribution in [0.2, 0.25) is 5.02 Å². The first kappa shape index (κ1) is 24.6. The lowest BCUT2D eigenvalue weighted by molar-refractivity contribution is 0.104. The molecule has 1 saturated carbocycles. The van der Waals surface area contributed by atoms with E-state index < -0.39 is 0 Å². The van der Waals surface area contributed by atoms with E-state index in [2.05, 4.69) is 32.8 Å². The lowest BCUT2D eigenvalue weighted by atomic mass is 9.98. The molecule has 1 fully saturated rings. The van der Waals surface area contributed by atoms with Crippen LogP contribution in [0.4, 0.5) is 5.82 Å². The highest BCUT2D eigenvalue weighted by molar-refractivity contribution is 7.99. The normalized spacial score (nSPS) is 21.7. The number of thiophene rings is 1. The topological polar surface area (TPSA) is 90.1 Å². The Hall–Kier alpha value is -2.04. The van der Waals surface area contributed by atoms with Crippen LogP contribution in [0.15, 0.2) is 54.5 Å². The van der Waals surface area contributed by atoms with Gasteiger partial charge >= 0.3 is 0 Å². The molecule has 0 amide bonds. The number of carbonyl (C=O) groups is 1. The summed E-state index contributed by atoms with van der Waals surface area (Å²) >= 11 is 10.5. The summed E-state index contributed by atoms with van der Waals surface area (Å²) in [5.74, 6) is 1.99. The summed E-state index contributed by atoms with van der Waals surface area (Å²) in [4.78, 5) is 22.7. The largest absolute Gasteiger partial charge is 0.418 e. The number of fused-ring (bicyclic) bond motifs is 1. The fourth-order valence-electron chi connectivity index (χ4n) is 4.73. The maximum Gasteiger partial charge on any atom is 0.208 e. The van der Waals surface area contributed by atoms with Gasteiger partial charge in [0.25, 0.3) is 0 Å². The van der Waals surface area contributed by atoms with E-state index in [4.69, 9.17) is 20.9 Å². The van der Waals surface area contributed by atoms with Crippen molar-refractivity contribution in [3.63, 3.8) is 0 Å². The fraction of sp³-hybridized carbons (Fsp3) is 0.320. The minimum absolute atomic E-state index is 0.0562. The number of allylic oxidation sites excluding steroid dienone is 1. The van der Waals surface area contributed by atoms with Crippen LogP contribution in [0.3, 0.4) is 0 Å². The van der Waals surface area contributed by atoms with Gasteiger partial charge in [-0.2, -0.15) is 0 Å². The Kier molecular flexibility index (Phi) is 7.99. The number of nitrogens with zero attached hydrogens (tertiary/aromatic N) is 2. The standard InChI is InChI=1S/C25H25ClN4O2S3/c26-18-3-2-16-6-8-33-24(20(16)11-18)17-10-22(34-13-17)23(31)21-12-28-14-29-25(21)30-19-4-1-15(9-19)5-7-32-35-27/h2-3,5,7,10-15,19,24H,1,4,6,8-9,27H2,(H,28,29,30). The molecule has 35 heavy (non-hydrogen) atoms. The second-order valence-corrected chi connectivity index (χ2v) is 11.6. The first-order chi connectivity index (χ1) is 17.1. The molecule has 0 radical (unpaired) electrons. The predicted molar refractivity (Wildman–Crippen MR) is 146 cm³/mol. The van der Waals surface area contributed by atoms with Gasteiger partial charge in [-0.1, -0.05) is 17.7 Å². The van der Waals surface area contributed by atoms with E-state index in [0.29, 0.717) is 22.2 Å². The number of rotatable bonds is 8. The number of carbonyl (C=O) groups excluding carboxylic acids is 1. The zero-order chi connectivity index (χ0) is 24.2. The molecule has 5 rings (SSSR count). The molecule has 182 valence electrons. The molecule has 3 heterocycles. The number of hydrogen-bond donors (Lipinski definition) is 2. The Labute approximate surface area is 222 Å². The van der Waals surface area contributed by atoms with Crippen molar-refractivity contribution in [1.29, 1.82) is 0 Å². The molecule has 6 nitrogen and oxygen atoms in total. The van der Waals surface area contributed by atoms with Gasteiger partial charge in [0, 0.05) is 17.3 Å². The van der Waals surface area contributed by atoms with E-state index in [1.54, 1.807) is 12.5 Å². The Morgan fingerprint density at radius 2 is 2.23 bits per heavy atom. The van der Waals surface area contributed by atoms with Crippen LogP contribution in [-0.4, -0.2) is 27.5 Å². The maximum absolute atomic E-state index is 13.5. The number of ketones is 1. The number of halogens is 1. The van der Waals surface area contributed by atoms with Crippen LogP contribution in [0.1, 0.15) is 56.4 Å². The van der Waals surface area contributed by atoms with Crippen molar-refractivity contribution >= 4 is 58.5 Å². The quantitative estimate of drug-likeness (QED) is 0.145. The van der Waals surface area contributed by atoms with E-state index >= 15 is 0 Å². The zero-order valence-electron chi connectivity index (χ0n) is 18.9. The number of nitrogens with two attached hydrogens (primary N) is 1. The number of benzene rings is 1. The molecule has 2 aromatic heterocycles. The molecule has 0 spiro atoms.